The van der Waals surface area contributed by atoms with Crippen LogP contribution in [-0.2, 0) is 4.79 Å². The Kier molecular flexibility index (Phi) is 3.23. The number of methoxy groups -OCH3 is 1. The number of amides is 1. The van der Waals surface area contributed by atoms with Crippen LogP contribution in [0.3, 0.4) is 0 Å². The Morgan fingerprint density at radius 3 is 3.12 bits per heavy atom. The zero-order chi connectivity index (χ0) is 11.5. The highest BCUT2D eigenvalue weighted by atomic mass is 79.9. The number of anilines is 1. The van der Waals surface area contributed by atoms with Gasteiger partial charge in [-0.3, -0.25) is 4.79 Å². The Morgan fingerprint density at radius 2 is 2.50 bits per heavy atom. The molecule has 7 heteroatoms. The molecule has 1 amide bonds. The van der Waals surface area contributed by atoms with Gasteiger partial charge in [0.1, 0.15) is 0 Å². The number of aromatic nitrogens is 2. The van der Waals surface area contributed by atoms with Crippen LogP contribution in [0.4, 0.5) is 5.95 Å². The maximum Gasteiger partial charge on any atom is 0.232 e. The van der Waals surface area contributed by atoms with E-state index in [-0.39, 0.29) is 11.9 Å². The SMILES string of the molecule is COc1nc(NC2CNC(=O)C2)ncc1Br. The number of carbonyl (C=O) groups is 1. The van der Waals surface area contributed by atoms with Gasteiger partial charge in [0.15, 0.2) is 0 Å². The van der Waals surface area contributed by atoms with Crippen LogP contribution in [0.15, 0.2) is 10.7 Å². The third-order valence-corrected chi connectivity index (χ3v) is 2.76. The van der Waals surface area contributed by atoms with Gasteiger partial charge >= 0.3 is 0 Å². The second-order valence-corrected chi connectivity index (χ2v) is 4.25. The topological polar surface area (TPSA) is 76.1 Å². The summed E-state index contributed by atoms with van der Waals surface area (Å²) in [5.74, 6) is 0.970. The maximum atomic E-state index is 11.0. The molecule has 16 heavy (non-hydrogen) atoms. The summed E-state index contributed by atoms with van der Waals surface area (Å²) < 4.78 is 5.75. The summed E-state index contributed by atoms with van der Waals surface area (Å²) in [5.41, 5.74) is 0. The molecule has 0 bridgehead atoms. The highest BCUT2D eigenvalue weighted by Gasteiger charge is 2.22. The zero-order valence-electron chi connectivity index (χ0n) is 8.66. The van der Waals surface area contributed by atoms with Gasteiger partial charge in [-0.05, 0) is 15.9 Å². The van der Waals surface area contributed by atoms with Crippen LogP contribution in [-0.4, -0.2) is 35.6 Å². The highest BCUT2D eigenvalue weighted by Crippen LogP contribution is 2.22. The smallest absolute Gasteiger partial charge is 0.232 e. The first-order chi connectivity index (χ1) is 7.69. The first kappa shape index (κ1) is 11.1. The quantitative estimate of drug-likeness (QED) is 0.849. The van der Waals surface area contributed by atoms with E-state index in [2.05, 4.69) is 36.5 Å². The Balaban J connectivity index is 2.07. The largest absolute Gasteiger partial charge is 0.480 e. The molecule has 86 valence electrons. The maximum absolute atomic E-state index is 11.0. The fraction of sp³-hybridized carbons (Fsp3) is 0.444. The van der Waals surface area contributed by atoms with Crippen molar-refractivity contribution < 1.29 is 9.53 Å². The molecule has 1 unspecified atom stereocenters. The lowest BCUT2D eigenvalue weighted by atomic mass is 10.3. The lowest BCUT2D eigenvalue weighted by molar-refractivity contribution is -0.119. The van der Waals surface area contributed by atoms with E-state index in [4.69, 9.17) is 4.74 Å². The summed E-state index contributed by atoms with van der Waals surface area (Å²) in [6.45, 7) is 0.598. The van der Waals surface area contributed by atoms with E-state index in [9.17, 15) is 4.79 Å². The van der Waals surface area contributed by atoms with Crippen molar-refractivity contribution in [1.82, 2.24) is 15.3 Å². The van der Waals surface area contributed by atoms with Crippen molar-refractivity contribution in [2.24, 2.45) is 0 Å². The molecule has 1 fully saturated rings. The minimum atomic E-state index is 0.0402. The van der Waals surface area contributed by atoms with Crippen molar-refractivity contribution in [3.05, 3.63) is 10.7 Å². The third-order valence-electron chi connectivity index (χ3n) is 2.22. The molecule has 2 N–H and O–H groups in total. The van der Waals surface area contributed by atoms with Crippen molar-refractivity contribution in [1.29, 1.82) is 0 Å². The summed E-state index contributed by atoms with van der Waals surface area (Å²) in [5, 5.41) is 5.80. The van der Waals surface area contributed by atoms with Gasteiger partial charge in [-0.15, -0.1) is 0 Å². The minimum Gasteiger partial charge on any atom is -0.480 e. The Bertz CT molecular complexity index is 412. The van der Waals surface area contributed by atoms with Crippen LogP contribution in [0.5, 0.6) is 5.88 Å². The molecule has 0 aliphatic carbocycles. The molecule has 1 aromatic heterocycles. The number of hydrogen-bond donors (Lipinski definition) is 2. The first-order valence-electron chi connectivity index (χ1n) is 4.79. The van der Waals surface area contributed by atoms with Crippen molar-refractivity contribution in [2.75, 3.05) is 19.0 Å². The van der Waals surface area contributed by atoms with Crippen LogP contribution < -0.4 is 15.4 Å². The van der Waals surface area contributed by atoms with E-state index in [1.54, 1.807) is 6.20 Å². The summed E-state index contributed by atoms with van der Waals surface area (Å²) in [6.07, 6.45) is 2.06. The monoisotopic (exact) mass is 286 g/mol. The van der Waals surface area contributed by atoms with Crippen LogP contribution >= 0.6 is 15.9 Å². The van der Waals surface area contributed by atoms with Gasteiger partial charge in [0, 0.05) is 13.0 Å². The predicted octanol–water partition coefficient (Wildman–Crippen LogP) is 0.548. The molecular formula is C9H11BrN4O2. The second kappa shape index (κ2) is 4.65. The third kappa shape index (κ3) is 2.41. The highest BCUT2D eigenvalue weighted by molar-refractivity contribution is 9.10. The molecular weight excluding hydrogens is 276 g/mol. The first-order valence-corrected chi connectivity index (χ1v) is 5.58. The zero-order valence-corrected chi connectivity index (χ0v) is 10.2. The van der Waals surface area contributed by atoms with Crippen molar-refractivity contribution in [3.63, 3.8) is 0 Å². The number of carbonyl (C=O) groups excluding carboxylic acids is 1. The number of nitrogens with zero attached hydrogens (tertiary/aromatic N) is 2. The number of nitrogens with one attached hydrogen (secondary N) is 2. The van der Waals surface area contributed by atoms with E-state index in [0.717, 1.165) is 0 Å². The Hall–Kier alpha value is -1.37. The molecule has 2 heterocycles. The summed E-state index contributed by atoms with van der Waals surface area (Å²) in [6, 6.07) is 0.0402. The summed E-state index contributed by atoms with van der Waals surface area (Å²) >= 11 is 3.27. The average molecular weight is 287 g/mol. The molecule has 1 aromatic rings. The van der Waals surface area contributed by atoms with E-state index in [1.807, 2.05) is 0 Å². The molecule has 0 spiro atoms. The van der Waals surface area contributed by atoms with Gasteiger partial charge in [-0.2, -0.15) is 4.98 Å². The van der Waals surface area contributed by atoms with Crippen molar-refractivity contribution in [3.8, 4) is 5.88 Å². The molecule has 1 atom stereocenters. The van der Waals surface area contributed by atoms with Crippen LogP contribution in [0.2, 0.25) is 0 Å². The van der Waals surface area contributed by atoms with E-state index < -0.39 is 0 Å². The van der Waals surface area contributed by atoms with Gasteiger partial charge in [0.05, 0.1) is 23.8 Å². The van der Waals surface area contributed by atoms with Gasteiger partial charge < -0.3 is 15.4 Å². The molecule has 1 aliphatic rings. The minimum absolute atomic E-state index is 0.0402. The van der Waals surface area contributed by atoms with Crippen LogP contribution in [0.25, 0.3) is 0 Å². The number of rotatable bonds is 3. The standard InChI is InChI=1S/C9H11BrN4O2/c1-16-8-6(10)4-12-9(14-8)13-5-2-7(15)11-3-5/h4-5H,2-3H2,1H3,(H,11,15)(H,12,13,14). The number of halogens is 1. The van der Waals surface area contributed by atoms with Gasteiger partial charge in [0.25, 0.3) is 0 Å². The van der Waals surface area contributed by atoms with E-state index in [0.29, 0.717) is 29.3 Å². The number of ether oxygens (including phenoxy) is 1. The fourth-order valence-electron chi connectivity index (χ4n) is 1.45. The number of hydrogen-bond acceptors (Lipinski definition) is 5. The Labute approximate surface area is 101 Å². The average Bonchev–Trinajstić information content (AvgIpc) is 2.67. The normalized spacial score (nSPS) is 19.4. The second-order valence-electron chi connectivity index (χ2n) is 3.40. The fourth-order valence-corrected chi connectivity index (χ4v) is 1.81. The van der Waals surface area contributed by atoms with Gasteiger partial charge in [0.2, 0.25) is 17.7 Å². The van der Waals surface area contributed by atoms with Gasteiger partial charge in [-0.1, -0.05) is 0 Å². The van der Waals surface area contributed by atoms with Crippen LogP contribution in [0.1, 0.15) is 6.42 Å². The van der Waals surface area contributed by atoms with Crippen molar-refractivity contribution in [2.45, 2.75) is 12.5 Å². The molecule has 0 saturated carbocycles. The lowest BCUT2D eigenvalue weighted by Crippen LogP contribution is -2.23. The summed E-state index contributed by atoms with van der Waals surface area (Å²) in [4.78, 5) is 19.2. The van der Waals surface area contributed by atoms with Crippen LogP contribution in [0, 0.1) is 0 Å². The lowest BCUT2D eigenvalue weighted by Gasteiger charge is -2.11. The van der Waals surface area contributed by atoms with Gasteiger partial charge in [-0.25, -0.2) is 4.98 Å². The molecule has 0 radical (unpaired) electrons. The molecule has 0 aromatic carbocycles. The van der Waals surface area contributed by atoms with E-state index in [1.165, 1.54) is 7.11 Å². The predicted molar refractivity (Wildman–Crippen MR) is 61.3 cm³/mol. The van der Waals surface area contributed by atoms with Crippen molar-refractivity contribution >= 4 is 27.8 Å². The Morgan fingerprint density at radius 1 is 1.69 bits per heavy atom. The molecule has 1 saturated heterocycles. The molecule has 1 aliphatic heterocycles. The summed E-state index contributed by atoms with van der Waals surface area (Å²) in [7, 11) is 1.54. The van der Waals surface area contributed by atoms with E-state index >= 15 is 0 Å². The molecule has 6 nitrogen and oxygen atoms in total. The molecule has 2 rings (SSSR count).